The molecule has 124 valence electrons. The average molecular weight is 353 g/mol. The number of amides is 1. The van der Waals surface area contributed by atoms with Crippen LogP contribution in [0.4, 0.5) is 0 Å². The van der Waals surface area contributed by atoms with E-state index in [0.29, 0.717) is 6.42 Å². The third kappa shape index (κ3) is 4.05. The van der Waals surface area contributed by atoms with E-state index >= 15 is 0 Å². The Hall–Kier alpha value is -1.56. The molecule has 0 spiro atoms. The molecular formula is C17H21ClN2O2S. The van der Waals surface area contributed by atoms with Crippen LogP contribution in [0.15, 0.2) is 41.8 Å². The number of thiophene rings is 1. The summed E-state index contributed by atoms with van der Waals surface area (Å²) < 4.78 is 5.47. The molecule has 1 aromatic heterocycles. The maximum Gasteiger partial charge on any atom is 0.228 e. The van der Waals surface area contributed by atoms with E-state index in [0.717, 1.165) is 35.8 Å². The van der Waals surface area contributed by atoms with Gasteiger partial charge in [-0.15, -0.1) is 23.7 Å². The Morgan fingerprint density at radius 3 is 2.91 bits per heavy atom. The fourth-order valence-electron chi connectivity index (χ4n) is 2.89. The molecule has 23 heavy (non-hydrogen) atoms. The second-order valence-corrected chi connectivity index (χ2v) is 6.34. The number of nitrogens with one attached hydrogen (secondary N) is 1. The number of nitrogens with zero attached hydrogens (tertiary/aromatic N) is 1. The predicted octanol–water partition coefficient (Wildman–Crippen LogP) is 2.89. The first-order valence-corrected chi connectivity index (χ1v) is 8.33. The zero-order chi connectivity index (χ0) is 15.4. The fourth-order valence-corrected chi connectivity index (χ4v) is 3.58. The number of carbonyl (C=O) groups excluding carboxylic acids is 1. The first-order chi connectivity index (χ1) is 10.8. The molecule has 1 N–H and O–H groups in total. The Balaban J connectivity index is 0.00000192. The summed E-state index contributed by atoms with van der Waals surface area (Å²) >= 11 is 1.63. The summed E-state index contributed by atoms with van der Waals surface area (Å²) in [5.74, 6) is 1.02. The number of para-hydroxylation sites is 1. The van der Waals surface area contributed by atoms with Gasteiger partial charge in [-0.25, -0.2) is 0 Å². The van der Waals surface area contributed by atoms with Crippen LogP contribution in [0.1, 0.15) is 16.5 Å². The maximum absolute atomic E-state index is 12.7. The molecule has 0 saturated carbocycles. The number of methoxy groups -OCH3 is 1. The summed E-state index contributed by atoms with van der Waals surface area (Å²) in [4.78, 5) is 15.8. The lowest BCUT2D eigenvalue weighted by Crippen LogP contribution is -2.49. The zero-order valence-corrected chi connectivity index (χ0v) is 14.7. The lowest BCUT2D eigenvalue weighted by atomic mass is 10.0. The summed E-state index contributed by atoms with van der Waals surface area (Å²) in [6, 6.07) is 12.0. The molecule has 1 fully saturated rings. The van der Waals surface area contributed by atoms with Crippen LogP contribution in [0.2, 0.25) is 0 Å². The van der Waals surface area contributed by atoms with Crippen LogP contribution >= 0.6 is 23.7 Å². The van der Waals surface area contributed by atoms with E-state index in [1.165, 1.54) is 0 Å². The predicted molar refractivity (Wildman–Crippen MR) is 95.6 cm³/mol. The highest BCUT2D eigenvalue weighted by Gasteiger charge is 2.29. The van der Waals surface area contributed by atoms with Crippen LogP contribution in [0.25, 0.3) is 0 Å². The van der Waals surface area contributed by atoms with Crippen LogP contribution < -0.4 is 10.1 Å². The monoisotopic (exact) mass is 352 g/mol. The highest BCUT2D eigenvalue weighted by molar-refractivity contribution is 7.10. The standard InChI is InChI=1S/C17H20N2O2S.ClH/c1-21-16-7-3-2-6-14(16)15-12-18-8-9-19(15)17(20)11-13-5-4-10-22-13;/h2-7,10,15,18H,8-9,11-12H2,1H3;1H. The van der Waals surface area contributed by atoms with Crippen molar-refractivity contribution in [2.45, 2.75) is 12.5 Å². The van der Waals surface area contributed by atoms with Gasteiger partial charge in [-0.3, -0.25) is 4.79 Å². The van der Waals surface area contributed by atoms with Gasteiger partial charge in [-0.05, 0) is 17.5 Å². The lowest BCUT2D eigenvalue weighted by molar-refractivity contribution is -0.133. The van der Waals surface area contributed by atoms with Gasteiger partial charge in [0.1, 0.15) is 5.75 Å². The van der Waals surface area contributed by atoms with Gasteiger partial charge in [-0.1, -0.05) is 24.3 Å². The molecule has 1 aliphatic heterocycles. The van der Waals surface area contributed by atoms with Crippen molar-refractivity contribution in [1.82, 2.24) is 10.2 Å². The topological polar surface area (TPSA) is 41.6 Å². The van der Waals surface area contributed by atoms with Crippen molar-refractivity contribution >= 4 is 29.7 Å². The number of carbonyl (C=O) groups is 1. The molecule has 3 rings (SSSR count). The van der Waals surface area contributed by atoms with Crippen LogP contribution in [0.5, 0.6) is 5.75 Å². The zero-order valence-electron chi connectivity index (χ0n) is 13.0. The van der Waals surface area contributed by atoms with Gasteiger partial charge in [0.25, 0.3) is 0 Å². The number of rotatable bonds is 4. The fraction of sp³-hybridized carbons (Fsp3) is 0.353. The van der Waals surface area contributed by atoms with Gasteiger partial charge in [0.2, 0.25) is 5.91 Å². The molecule has 1 saturated heterocycles. The van der Waals surface area contributed by atoms with E-state index in [1.54, 1.807) is 18.4 Å². The third-order valence-corrected chi connectivity index (χ3v) is 4.84. The van der Waals surface area contributed by atoms with Crippen LogP contribution in [0, 0.1) is 0 Å². The van der Waals surface area contributed by atoms with E-state index in [1.807, 2.05) is 46.7 Å². The van der Waals surface area contributed by atoms with E-state index < -0.39 is 0 Å². The Morgan fingerprint density at radius 2 is 2.17 bits per heavy atom. The Morgan fingerprint density at radius 1 is 1.35 bits per heavy atom. The molecule has 6 heteroatoms. The van der Waals surface area contributed by atoms with E-state index in [9.17, 15) is 4.79 Å². The molecule has 1 amide bonds. The van der Waals surface area contributed by atoms with Crippen molar-refractivity contribution in [3.63, 3.8) is 0 Å². The molecule has 4 nitrogen and oxygen atoms in total. The van der Waals surface area contributed by atoms with Crippen LogP contribution in [-0.4, -0.2) is 37.6 Å². The number of hydrogen-bond acceptors (Lipinski definition) is 4. The van der Waals surface area contributed by atoms with Crippen molar-refractivity contribution < 1.29 is 9.53 Å². The van der Waals surface area contributed by atoms with E-state index in [-0.39, 0.29) is 24.4 Å². The maximum atomic E-state index is 12.7. The number of piperazine rings is 1. The highest BCUT2D eigenvalue weighted by atomic mass is 35.5. The van der Waals surface area contributed by atoms with Gasteiger partial charge in [0.15, 0.2) is 0 Å². The molecular weight excluding hydrogens is 332 g/mol. The molecule has 1 atom stereocenters. The summed E-state index contributed by atoms with van der Waals surface area (Å²) in [7, 11) is 1.67. The molecule has 0 bridgehead atoms. The van der Waals surface area contributed by atoms with Crippen molar-refractivity contribution in [2.75, 3.05) is 26.7 Å². The number of benzene rings is 1. The minimum Gasteiger partial charge on any atom is -0.496 e. The van der Waals surface area contributed by atoms with Gasteiger partial charge in [0, 0.05) is 30.1 Å². The molecule has 2 aromatic rings. The molecule has 1 unspecified atom stereocenters. The van der Waals surface area contributed by atoms with Crippen LogP contribution in [0.3, 0.4) is 0 Å². The normalized spacial score (nSPS) is 17.4. The number of ether oxygens (including phenoxy) is 1. The quantitative estimate of drug-likeness (QED) is 0.920. The number of halogens is 1. The van der Waals surface area contributed by atoms with Crippen molar-refractivity contribution in [1.29, 1.82) is 0 Å². The Bertz CT molecular complexity index is 633. The van der Waals surface area contributed by atoms with Gasteiger partial charge >= 0.3 is 0 Å². The second kappa shape index (κ2) is 8.34. The highest BCUT2D eigenvalue weighted by Crippen LogP contribution is 2.30. The summed E-state index contributed by atoms with van der Waals surface area (Å²) in [5.41, 5.74) is 1.07. The van der Waals surface area contributed by atoms with Gasteiger partial charge in [0.05, 0.1) is 19.6 Å². The van der Waals surface area contributed by atoms with Crippen molar-refractivity contribution in [3.05, 3.63) is 52.2 Å². The van der Waals surface area contributed by atoms with Crippen molar-refractivity contribution in [2.24, 2.45) is 0 Å². The SMILES string of the molecule is COc1ccccc1C1CNCCN1C(=O)Cc1cccs1.Cl. The number of hydrogen-bond donors (Lipinski definition) is 1. The molecule has 1 aliphatic rings. The molecule has 0 aliphatic carbocycles. The average Bonchev–Trinajstić information content (AvgIpc) is 3.07. The largest absolute Gasteiger partial charge is 0.496 e. The third-order valence-electron chi connectivity index (χ3n) is 3.97. The first kappa shape index (κ1) is 17.8. The smallest absolute Gasteiger partial charge is 0.228 e. The minimum absolute atomic E-state index is 0. The summed E-state index contributed by atoms with van der Waals surface area (Å²) in [6.45, 7) is 2.32. The van der Waals surface area contributed by atoms with Crippen LogP contribution in [-0.2, 0) is 11.2 Å². The Kier molecular flexibility index (Phi) is 6.45. The molecule has 2 heterocycles. The van der Waals surface area contributed by atoms with E-state index in [4.69, 9.17) is 4.74 Å². The first-order valence-electron chi connectivity index (χ1n) is 7.45. The Labute approximate surface area is 146 Å². The van der Waals surface area contributed by atoms with E-state index in [2.05, 4.69) is 5.32 Å². The summed E-state index contributed by atoms with van der Waals surface area (Å²) in [6.07, 6.45) is 0.476. The van der Waals surface area contributed by atoms with Gasteiger partial charge in [-0.2, -0.15) is 0 Å². The minimum atomic E-state index is 0. The van der Waals surface area contributed by atoms with Crippen molar-refractivity contribution in [3.8, 4) is 5.75 Å². The molecule has 0 radical (unpaired) electrons. The summed E-state index contributed by atoms with van der Waals surface area (Å²) in [5, 5.41) is 5.39. The lowest BCUT2D eigenvalue weighted by Gasteiger charge is -2.37. The molecule has 1 aromatic carbocycles. The second-order valence-electron chi connectivity index (χ2n) is 5.31. The van der Waals surface area contributed by atoms with Gasteiger partial charge < -0.3 is 15.0 Å².